The highest BCUT2D eigenvalue weighted by molar-refractivity contribution is 9.10. The van der Waals surface area contributed by atoms with E-state index in [4.69, 9.17) is 10.5 Å². The summed E-state index contributed by atoms with van der Waals surface area (Å²) in [5, 5.41) is 0. The minimum Gasteiger partial charge on any atom is -0.376 e. The number of hydrogen-bond acceptors (Lipinski definition) is 2. The molecule has 2 N–H and O–H groups in total. The van der Waals surface area contributed by atoms with Gasteiger partial charge in [-0.3, -0.25) is 0 Å². The van der Waals surface area contributed by atoms with E-state index in [2.05, 4.69) is 15.9 Å². The lowest BCUT2D eigenvalue weighted by Gasteiger charge is -2.24. The second kappa shape index (κ2) is 6.39. The van der Waals surface area contributed by atoms with Crippen LogP contribution in [0.5, 0.6) is 0 Å². The maximum absolute atomic E-state index is 11.5. The van der Waals surface area contributed by atoms with Crippen LogP contribution >= 0.6 is 15.9 Å². The molecule has 2 rings (SSSR count). The number of amides is 2. The monoisotopic (exact) mass is 326 g/mol. The van der Waals surface area contributed by atoms with Crippen LogP contribution in [0.25, 0.3) is 0 Å². The third-order valence-electron chi connectivity index (χ3n) is 3.33. The predicted molar refractivity (Wildman–Crippen MR) is 77.8 cm³/mol. The quantitative estimate of drug-likeness (QED) is 0.924. The average Bonchev–Trinajstić information content (AvgIpc) is 2.84. The van der Waals surface area contributed by atoms with Crippen molar-refractivity contribution in [3.8, 4) is 0 Å². The van der Waals surface area contributed by atoms with Crippen LogP contribution in [0.4, 0.5) is 4.79 Å². The number of urea groups is 1. The molecule has 0 aromatic heterocycles. The molecule has 0 spiro atoms. The number of nitrogens with two attached hydrogens (primary N) is 1. The van der Waals surface area contributed by atoms with E-state index in [9.17, 15) is 4.79 Å². The fourth-order valence-corrected chi connectivity index (χ4v) is 2.87. The SMILES string of the molecule is Cc1ccc(CN(CC2CCCO2)C(N)=O)c(Br)c1. The molecule has 1 atom stereocenters. The fourth-order valence-electron chi connectivity index (χ4n) is 2.25. The lowest BCUT2D eigenvalue weighted by Crippen LogP contribution is -2.40. The van der Waals surface area contributed by atoms with Crippen LogP contribution in [-0.2, 0) is 11.3 Å². The van der Waals surface area contributed by atoms with Gasteiger partial charge in [-0.25, -0.2) is 4.79 Å². The molecule has 104 valence electrons. The van der Waals surface area contributed by atoms with Crippen molar-refractivity contribution in [1.82, 2.24) is 4.90 Å². The van der Waals surface area contributed by atoms with Crippen molar-refractivity contribution in [2.24, 2.45) is 5.73 Å². The van der Waals surface area contributed by atoms with E-state index in [0.717, 1.165) is 29.5 Å². The largest absolute Gasteiger partial charge is 0.376 e. The molecule has 0 saturated carbocycles. The first kappa shape index (κ1) is 14.3. The predicted octanol–water partition coefficient (Wildman–Crippen LogP) is 2.82. The summed E-state index contributed by atoms with van der Waals surface area (Å²) in [4.78, 5) is 13.2. The summed E-state index contributed by atoms with van der Waals surface area (Å²) in [5.41, 5.74) is 7.70. The zero-order valence-corrected chi connectivity index (χ0v) is 12.6. The van der Waals surface area contributed by atoms with Gasteiger partial charge in [0.1, 0.15) is 0 Å². The number of carbonyl (C=O) groups excluding carboxylic acids is 1. The van der Waals surface area contributed by atoms with Gasteiger partial charge in [0, 0.05) is 24.2 Å². The van der Waals surface area contributed by atoms with Gasteiger partial charge in [-0.2, -0.15) is 0 Å². The Labute approximate surface area is 122 Å². The van der Waals surface area contributed by atoms with Gasteiger partial charge in [0.15, 0.2) is 0 Å². The molecule has 4 nitrogen and oxygen atoms in total. The number of hydrogen-bond donors (Lipinski definition) is 1. The molecule has 19 heavy (non-hydrogen) atoms. The molecule has 5 heteroatoms. The van der Waals surface area contributed by atoms with E-state index in [1.54, 1.807) is 4.90 Å². The second-order valence-corrected chi connectivity index (χ2v) is 5.80. The molecule has 1 saturated heterocycles. The highest BCUT2D eigenvalue weighted by Gasteiger charge is 2.21. The molecule has 0 radical (unpaired) electrons. The molecule has 1 aliphatic heterocycles. The molecule has 1 heterocycles. The first-order chi connectivity index (χ1) is 9.06. The molecule has 1 fully saturated rings. The number of aryl methyl sites for hydroxylation is 1. The van der Waals surface area contributed by atoms with Crippen molar-refractivity contribution < 1.29 is 9.53 Å². The lowest BCUT2D eigenvalue weighted by atomic mass is 10.1. The first-order valence-corrected chi connectivity index (χ1v) is 7.26. The Morgan fingerprint density at radius 1 is 1.58 bits per heavy atom. The normalized spacial score (nSPS) is 18.5. The number of benzene rings is 1. The molecule has 1 unspecified atom stereocenters. The van der Waals surface area contributed by atoms with E-state index >= 15 is 0 Å². The number of carbonyl (C=O) groups is 1. The Balaban J connectivity index is 2.05. The summed E-state index contributed by atoms with van der Waals surface area (Å²) in [7, 11) is 0. The van der Waals surface area contributed by atoms with Gasteiger partial charge < -0.3 is 15.4 Å². The van der Waals surface area contributed by atoms with Gasteiger partial charge in [-0.1, -0.05) is 28.1 Å². The molecule has 1 aromatic rings. The van der Waals surface area contributed by atoms with Crippen LogP contribution in [0.1, 0.15) is 24.0 Å². The maximum atomic E-state index is 11.5. The average molecular weight is 327 g/mol. The van der Waals surface area contributed by atoms with Gasteiger partial charge in [0.2, 0.25) is 0 Å². The standard InChI is InChI=1S/C14H19BrN2O2/c1-10-4-5-11(13(15)7-10)8-17(14(16)18)9-12-3-2-6-19-12/h4-5,7,12H,2-3,6,8-9H2,1H3,(H2,16,18). The summed E-state index contributed by atoms with van der Waals surface area (Å²) < 4.78 is 6.57. The zero-order chi connectivity index (χ0) is 13.8. The molecule has 1 aliphatic rings. The number of rotatable bonds is 4. The van der Waals surface area contributed by atoms with E-state index in [1.165, 1.54) is 5.56 Å². The Hall–Kier alpha value is -1.07. The Kier molecular flexibility index (Phi) is 4.82. The maximum Gasteiger partial charge on any atom is 0.315 e. The van der Waals surface area contributed by atoms with Gasteiger partial charge in [-0.15, -0.1) is 0 Å². The summed E-state index contributed by atoms with van der Waals surface area (Å²) in [6.45, 7) is 3.89. The minimum atomic E-state index is -0.400. The fraction of sp³-hybridized carbons (Fsp3) is 0.500. The van der Waals surface area contributed by atoms with Crippen molar-refractivity contribution in [3.63, 3.8) is 0 Å². The zero-order valence-electron chi connectivity index (χ0n) is 11.1. The van der Waals surface area contributed by atoms with E-state index in [0.29, 0.717) is 13.1 Å². The molecular weight excluding hydrogens is 308 g/mol. The Morgan fingerprint density at radius 2 is 2.37 bits per heavy atom. The smallest absolute Gasteiger partial charge is 0.315 e. The van der Waals surface area contributed by atoms with Crippen LogP contribution in [0, 0.1) is 6.92 Å². The number of nitrogens with zero attached hydrogens (tertiary/aromatic N) is 1. The van der Waals surface area contributed by atoms with Crippen LogP contribution in [0.2, 0.25) is 0 Å². The Morgan fingerprint density at radius 3 is 2.95 bits per heavy atom. The highest BCUT2D eigenvalue weighted by atomic mass is 79.9. The van der Waals surface area contributed by atoms with Crippen molar-refractivity contribution >= 4 is 22.0 Å². The molecule has 1 aromatic carbocycles. The molecular formula is C14H19BrN2O2. The van der Waals surface area contributed by atoms with Crippen LogP contribution < -0.4 is 5.73 Å². The summed E-state index contributed by atoms with van der Waals surface area (Å²) in [6, 6.07) is 5.69. The molecule has 0 bridgehead atoms. The number of ether oxygens (including phenoxy) is 1. The van der Waals surface area contributed by atoms with Crippen LogP contribution in [-0.4, -0.2) is 30.2 Å². The third-order valence-corrected chi connectivity index (χ3v) is 4.07. The summed E-state index contributed by atoms with van der Waals surface area (Å²) in [5.74, 6) is 0. The lowest BCUT2D eigenvalue weighted by molar-refractivity contribution is 0.0811. The third kappa shape index (κ3) is 3.94. The summed E-state index contributed by atoms with van der Waals surface area (Å²) in [6.07, 6.45) is 2.18. The Bertz CT molecular complexity index is 459. The summed E-state index contributed by atoms with van der Waals surface area (Å²) >= 11 is 3.53. The van der Waals surface area contributed by atoms with Crippen molar-refractivity contribution in [2.75, 3.05) is 13.2 Å². The van der Waals surface area contributed by atoms with E-state index < -0.39 is 6.03 Å². The van der Waals surface area contributed by atoms with Gasteiger partial charge in [0.25, 0.3) is 0 Å². The van der Waals surface area contributed by atoms with Crippen molar-refractivity contribution in [1.29, 1.82) is 0 Å². The van der Waals surface area contributed by atoms with E-state index in [-0.39, 0.29) is 6.10 Å². The van der Waals surface area contributed by atoms with Gasteiger partial charge >= 0.3 is 6.03 Å². The number of primary amides is 1. The van der Waals surface area contributed by atoms with Crippen molar-refractivity contribution in [3.05, 3.63) is 33.8 Å². The first-order valence-electron chi connectivity index (χ1n) is 6.47. The molecule has 0 aliphatic carbocycles. The van der Waals surface area contributed by atoms with Crippen molar-refractivity contribution in [2.45, 2.75) is 32.4 Å². The van der Waals surface area contributed by atoms with E-state index in [1.807, 2.05) is 25.1 Å². The van der Waals surface area contributed by atoms with Crippen LogP contribution in [0.15, 0.2) is 22.7 Å². The topological polar surface area (TPSA) is 55.6 Å². The van der Waals surface area contributed by atoms with Gasteiger partial charge in [0.05, 0.1) is 6.10 Å². The highest BCUT2D eigenvalue weighted by Crippen LogP contribution is 2.21. The van der Waals surface area contributed by atoms with Gasteiger partial charge in [-0.05, 0) is 37.0 Å². The number of halogens is 1. The molecule has 2 amide bonds. The minimum absolute atomic E-state index is 0.122. The van der Waals surface area contributed by atoms with Crippen LogP contribution in [0.3, 0.4) is 0 Å². The second-order valence-electron chi connectivity index (χ2n) is 4.95.